The van der Waals surface area contributed by atoms with E-state index < -0.39 is 0 Å². The van der Waals surface area contributed by atoms with Crippen LogP contribution in [0.15, 0.2) is 77.5 Å². The number of nitrogens with zero attached hydrogens (tertiary/aromatic N) is 1. The maximum Gasteiger partial charge on any atom is 0.221 e. The number of halogens is 1. The highest BCUT2D eigenvalue weighted by atomic mass is 32.1. The Bertz CT molecular complexity index is 1230. The second-order valence-electron chi connectivity index (χ2n) is 7.60. The summed E-state index contributed by atoms with van der Waals surface area (Å²) in [6.45, 7) is 0.876. The number of hydrogen-bond donors (Lipinski definition) is 3. The Morgan fingerprint density at radius 2 is 1.85 bits per heavy atom. The highest BCUT2D eigenvalue weighted by molar-refractivity contribution is 7.08. The topological polar surface area (TPSA) is 74.2 Å². The van der Waals surface area contributed by atoms with E-state index >= 15 is 0 Å². The number of benzene rings is 2. The minimum atomic E-state index is -0.273. The number of pyridine rings is 1. The average Bonchev–Trinajstić information content (AvgIpc) is 3.34. The van der Waals surface area contributed by atoms with E-state index in [-0.39, 0.29) is 23.9 Å². The van der Waals surface area contributed by atoms with E-state index in [9.17, 15) is 14.3 Å². The summed E-state index contributed by atoms with van der Waals surface area (Å²) in [5, 5.41) is 20.0. The van der Waals surface area contributed by atoms with Gasteiger partial charge in [-0.25, -0.2) is 9.37 Å². The molecule has 33 heavy (non-hydrogen) atoms. The molecule has 0 aliphatic rings. The fourth-order valence-corrected chi connectivity index (χ4v) is 4.13. The minimum absolute atomic E-state index is 0.0823. The first-order valence-electron chi connectivity index (χ1n) is 10.7. The summed E-state index contributed by atoms with van der Waals surface area (Å²) in [5.41, 5.74) is 4.48. The van der Waals surface area contributed by atoms with Crippen molar-refractivity contribution in [2.45, 2.75) is 12.8 Å². The molecular weight excluding hydrogens is 437 g/mol. The van der Waals surface area contributed by atoms with Crippen molar-refractivity contribution in [2.75, 3.05) is 18.4 Å². The van der Waals surface area contributed by atoms with E-state index in [1.807, 2.05) is 35.7 Å². The summed E-state index contributed by atoms with van der Waals surface area (Å²) in [5.74, 6) is 0.482. The molecule has 0 atom stereocenters. The van der Waals surface area contributed by atoms with E-state index in [0.29, 0.717) is 25.3 Å². The summed E-state index contributed by atoms with van der Waals surface area (Å²) >= 11 is 1.62. The van der Waals surface area contributed by atoms with Gasteiger partial charge >= 0.3 is 0 Å². The molecule has 2 aromatic carbocycles. The van der Waals surface area contributed by atoms with Crippen LogP contribution < -0.4 is 10.6 Å². The number of thiophene rings is 1. The molecule has 4 rings (SSSR count). The zero-order chi connectivity index (χ0) is 23.0. The first kappa shape index (κ1) is 22.5. The Kier molecular flexibility index (Phi) is 7.32. The number of hydrogen-bond acceptors (Lipinski definition) is 5. The van der Waals surface area contributed by atoms with Gasteiger partial charge in [-0.1, -0.05) is 24.3 Å². The molecule has 1 amide bonds. The fourth-order valence-electron chi connectivity index (χ4n) is 3.46. The lowest BCUT2D eigenvalue weighted by atomic mass is 10.1. The molecule has 2 heterocycles. The third kappa shape index (κ3) is 6.40. The van der Waals surface area contributed by atoms with Crippen LogP contribution in [0.2, 0.25) is 0 Å². The van der Waals surface area contributed by atoms with Crippen LogP contribution in [-0.2, 0) is 11.2 Å². The van der Waals surface area contributed by atoms with Gasteiger partial charge in [-0.05, 0) is 76.3 Å². The number of aromatic nitrogens is 1. The van der Waals surface area contributed by atoms with Crippen LogP contribution in [0.3, 0.4) is 0 Å². The Hall–Kier alpha value is -3.71. The van der Waals surface area contributed by atoms with Crippen LogP contribution in [0.1, 0.15) is 12.0 Å². The number of anilines is 1. The van der Waals surface area contributed by atoms with E-state index in [4.69, 9.17) is 0 Å². The van der Waals surface area contributed by atoms with Crippen LogP contribution in [0, 0.1) is 5.82 Å². The Morgan fingerprint density at radius 1 is 0.970 bits per heavy atom. The molecule has 7 heteroatoms. The zero-order valence-electron chi connectivity index (χ0n) is 17.9. The quantitative estimate of drug-likeness (QED) is 0.308. The molecule has 0 unspecified atom stereocenters. The van der Waals surface area contributed by atoms with E-state index in [0.717, 1.165) is 27.9 Å². The van der Waals surface area contributed by atoms with Crippen LogP contribution in [0.5, 0.6) is 5.75 Å². The van der Waals surface area contributed by atoms with Gasteiger partial charge in [-0.3, -0.25) is 4.79 Å². The standard InChI is InChI=1S/C26H24FN3O2S/c27-22-5-1-3-18(13-22)7-10-29-26(32)8-11-28-25-16-21(20-9-12-33-17-20)15-24(30-25)19-4-2-6-23(31)14-19/h1-6,9,12-17,31H,7-8,10-11H2,(H,28,30)(H,29,32). The number of carbonyl (C=O) groups is 1. The molecule has 0 radical (unpaired) electrons. The number of nitrogens with one attached hydrogen (secondary N) is 2. The van der Waals surface area contributed by atoms with Crippen molar-refractivity contribution in [3.05, 3.63) is 88.9 Å². The lowest BCUT2D eigenvalue weighted by Crippen LogP contribution is -2.27. The lowest BCUT2D eigenvalue weighted by Gasteiger charge is -2.11. The molecule has 0 fully saturated rings. The summed E-state index contributed by atoms with van der Waals surface area (Å²) in [6.07, 6.45) is 0.865. The van der Waals surface area contributed by atoms with Gasteiger partial charge in [-0.15, -0.1) is 0 Å². The summed E-state index contributed by atoms with van der Waals surface area (Å²) in [7, 11) is 0. The molecule has 0 bridgehead atoms. The third-order valence-electron chi connectivity index (χ3n) is 5.10. The second kappa shape index (κ2) is 10.7. The van der Waals surface area contributed by atoms with Crippen molar-refractivity contribution in [3.63, 3.8) is 0 Å². The van der Waals surface area contributed by atoms with Crippen molar-refractivity contribution in [1.29, 1.82) is 0 Å². The van der Waals surface area contributed by atoms with Crippen molar-refractivity contribution in [2.24, 2.45) is 0 Å². The van der Waals surface area contributed by atoms with Gasteiger partial charge in [0.15, 0.2) is 0 Å². The van der Waals surface area contributed by atoms with E-state index in [1.165, 1.54) is 12.1 Å². The number of phenols is 1. The number of amides is 1. The van der Waals surface area contributed by atoms with Gasteiger partial charge in [0.1, 0.15) is 17.4 Å². The van der Waals surface area contributed by atoms with Crippen LogP contribution >= 0.6 is 11.3 Å². The zero-order valence-corrected chi connectivity index (χ0v) is 18.7. The maximum atomic E-state index is 13.2. The minimum Gasteiger partial charge on any atom is -0.508 e. The molecule has 2 aromatic heterocycles. The van der Waals surface area contributed by atoms with Gasteiger partial charge < -0.3 is 15.7 Å². The predicted molar refractivity (Wildman–Crippen MR) is 131 cm³/mol. The summed E-state index contributed by atoms with van der Waals surface area (Å²) in [6, 6.07) is 19.4. The molecular formula is C26H24FN3O2S. The van der Waals surface area contributed by atoms with Gasteiger partial charge in [0, 0.05) is 25.1 Å². The van der Waals surface area contributed by atoms with Crippen molar-refractivity contribution >= 4 is 23.1 Å². The maximum absolute atomic E-state index is 13.2. The first-order chi connectivity index (χ1) is 16.1. The van der Waals surface area contributed by atoms with Crippen molar-refractivity contribution in [3.8, 4) is 28.1 Å². The number of rotatable bonds is 9. The van der Waals surface area contributed by atoms with Gasteiger partial charge in [0.25, 0.3) is 0 Å². The Labute approximate surface area is 196 Å². The molecule has 5 nitrogen and oxygen atoms in total. The third-order valence-corrected chi connectivity index (χ3v) is 5.79. The molecule has 4 aromatic rings. The lowest BCUT2D eigenvalue weighted by molar-refractivity contribution is -0.120. The fraction of sp³-hybridized carbons (Fsp3) is 0.154. The first-order valence-corrected chi connectivity index (χ1v) is 11.6. The molecule has 0 saturated carbocycles. The predicted octanol–water partition coefficient (Wildman–Crippen LogP) is 5.48. The van der Waals surface area contributed by atoms with Gasteiger partial charge in [0.2, 0.25) is 5.91 Å². The SMILES string of the molecule is O=C(CCNc1cc(-c2ccsc2)cc(-c2cccc(O)c2)n1)NCCc1cccc(F)c1. The number of phenolic OH excluding ortho intramolecular Hbond substituents is 1. The van der Waals surface area contributed by atoms with Crippen LogP contribution in [-0.4, -0.2) is 29.1 Å². The number of aromatic hydroxyl groups is 1. The highest BCUT2D eigenvalue weighted by Gasteiger charge is 2.09. The average molecular weight is 462 g/mol. The van der Waals surface area contributed by atoms with Crippen LogP contribution in [0.25, 0.3) is 22.4 Å². The normalized spacial score (nSPS) is 10.7. The van der Waals surface area contributed by atoms with Gasteiger partial charge in [-0.2, -0.15) is 11.3 Å². The van der Waals surface area contributed by atoms with E-state index in [1.54, 1.807) is 35.6 Å². The number of carbonyl (C=O) groups excluding carboxylic acids is 1. The Balaban J connectivity index is 1.37. The second-order valence-corrected chi connectivity index (χ2v) is 8.38. The molecule has 0 aliphatic heterocycles. The van der Waals surface area contributed by atoms with E-state index in [2.05, 4.69) is 21.0 Å². The van der Waals surface area contributed by atoms with Gasteiger partial charge in [0.05, 0.1) is 5.69 Å². The molecule has 0 saturated heterocycles. The van der Waals surface area contributed by atoms with Crippen molar-refractivity contribution in [1.82, 2.24) is 10.3 Å². The Morgan fingerprint density at radius 3 is 2.64 bits per heavy atom. The molecule has 3 N–H and O–H groups in total. The molecule has 0 spiro atoms. The monoisotopic (exact) mass is 461 g/mol. The summed E-state index contributed by atoms with van der Waals surface area (Å²) < 4.78 is 13.2. The molecule has 0 aliphatic carbocycles. The largest absolute Gasteiger partial charge is 0.508 e. The molecule has 168 valence electrons. The van der Waals surface area contributed by atoms with Crippen LogP contribution in [0.4, 0.5) is 10.2 Å². The highest BCUT2D eigenvalue weighted by Crippen LogP contribution is 2.30. The van der Waals surface area contributed by atoms with Crippen molar-refractivity contribution < 1.29 is 14.3 Å². The summed E-state index contributed by atoms with van der Waals surface area (Å²) in [4.78, 5) is 16.9. The smallest absolute Gasteiger partial charge is 0.221 e.